The van der Waals surface area contributed by atoms with Crippen molar-refractivity contribution >= 4 is 55.2 Å². The van der Waals surface area contributed by atoms with Gasteiger partial charge in [0.1, 0.15) is 0 Å². The fourth-order valence-corrected chi connectivity index (χ4v) is 5.29. The fraction of sp³-hybridized carbons (Fsp3) is 0. The number of nitrogens with one attached hydrogen (secondary N) is 2. The van der Waals surface area contributed by atoms with E-state index < -0.39 is 0 Å². The van der Waals surface area contributed by atoms with Gasteiger partial charge in [-0.15, -0.1) is 0 Å². The maximum Gasteiger partial charge on any atom is 0.195 e. The monoisotopic (exact) mass is 464 g/mol. The first-order chi connectivity index (χ1) is 17.7. The molecule has 0 aliphatic rings. The Kier molecular flexibility index (Phi) is 4.42. The molecule has 0 aliphatic carbocycles. The maximum atomic E-state index is 13.9. The summed E-state index contributed by atoms with van der Waals surface area (Å²) in [7, 11) is 0. The number of rotatable bonds is 4. The molecule has 7 aromatic rings. The molecule has 4 nitrogen and oxygen atoms in total. The van der Waals surface area contributed by atoms with Crippen molar-refractivity contribution in [3.63, 3.8) is 0 Å². The van der Waals surface area contributed by atoms with Crippen LogP contribution >= 0.6 is 0 Å². The number of H-pyrrole nitrogens is 2. The first-order valence-electron chi connectivity index (χ1n) is 11.9. The number of ketones is 2. The molecule has 36 heavy (non-hydrogen) atoms. The van der Waals surface area contributed by atoms with Gasteiger partial charge in [-0.2, -0.15) is 0 Å². The van der Waals surface area contributed by atoms with Crippen molar-refractivity contribution in [2.45, 2.75) is 0 Å². The predicted molar refractivity (Wildman–Crippen MR) is 145 cm³/mol. The van der Waals surface area contributed by atoms with Crippen LogP contribution in [0.2, 0.25) is 0 Å². The SMILES string of the molecule is O=C(c1ccccc1C(=O)c1cccc2c1[nH]c1ccccc12)c1cccc2c1[nH]c1ccccc12. The van der Waals surface area contributed by atoms with Crippen molar-refractivity contribution in [2.24, 2.45) is 0 Å². The van der Waals surface area contributed by atoms with E-state index in [9.17, 15) is 9.59 Å². The van der Waals surface area contributed by atoms with Gasteiger partial charge in [0.2, 0.25) is 0 Å². The molecule has 4 heteroatoms. The number of carbonyl (C=O) groups excluding carboxylic acids is 2. The molecule has 5 aromatic carbocycles. The van der Waals surface area contributed by atoms with Crippen LogP contribution in [0.25, 0.3) is 43.6 Å². The Labute approximate surface area is 206 Å². The summed E-state index contributed by atoms with van der Waals surface area (Å²) in [4.78, 5) is 34.6. The van der Waals surface area contributed by atoms with Crippen LogP contribution in [0, 0.1) is 0 Å². The van der Waals surface area contributed by atoms with Gasteiger partial charge in [0.25, 0.3) is 0 Å². The molecule has 0 radical (unpaired) electrons. The summed E-state index contributed by atoms with van der Waals surface area (Å²) < 4.78 is 0. The molecule has 0 atom stereocenters. The van der Waals surface area contributed by atoms with Gasteiger partial charge >= 0.3 is 0 Å². The van der Waals surface area contributed by atoms with Crippen LogP contribution in [0.4, 0.5) is 0 Å². The largest absolute Gasteiger partial charge is 0.354 e. The summed E-state index contributed by atoms with van der Waals surface area (Å²) in [5.74, 6) is -0.361. The Morgan fingerprint density at radius 3 is 1.22 bits per heavy atom. The van der Waals surface area contributed by atoms with Crippen LogP contribution in [-0.4, -0.2) is 21.5 Å². The normalized spacial score (nSPS) is 11.6. The molecule has 0 bridgehead atoms. The Balaban J connectivity index is 1.39. The number of fused-ring (bicyclic) bond motifs is 6. The van der Waals surface area contributed by atoms with Crippen LogP contribution < -0.4 is 0 Å². The van der Waals surface area contributed by atoms with E-state index in [1.54, 1.807) is 24.3 Å². The van der Waals surface area contributed by atoms with Crippen LogP contribution in [0.3, 0.4) is 0 Å². The standard InChI is InChI=1S/C32H20N2O2/c35-31(25-15-7-13-21-19-9-3-5-17-27(19)33-29(21)25)23-11-1-2-12-24(23)32(36)26-16-8-14-22-20-10-4-6-18-28(20)34-30(22)26/h1-18,33-34H. The van der Waals surface area contributed by atoms with Crippen molar-refractivity contribution in [3.05, 3.63) is 131 Å². The van der Waals surface area contributed by atoms with E-state index in [0.717, 1.165) is 43.6 Å². The molecule has 0 saturated carbocycles. The van der Waals surface area contributed by atoms with E-state index in [4.69, 9.17) is 0 Å². The molecule has 2 N–H and O–H groups in total. The van der Waals surface area contributed by atoms with Gasteiger partial charge in [-0.1, -0.05) is 84.9 Å². The van der Waals surface area contributed by atoms with Gasteiger partial charge in [-0.25, -0.2) is 0 Å². The van der Waals surface area contributed by atoms with Crippen molar-refractivity contribution in [1.29, 1.82) is 0 Å². The minimum atomic E-state index is -0.181. The highest BCUT2D eigenvalue weighted by Gasteiger charge is 2.23. The second kappa shape index (κ2) is 7.79. The third-order valence-corrected chi connectivity index (χ3v) is 6.99. The van der Waals surface area contributed by atoms with Crippen LogP contribution in [0.15, 0.2) is 109 Å². The highest BCUT2D eigenvalue weighted by molar-refractivity contribution is 6.26. The van der Waals surface area contributed by atoms with E-state index in [1.165, 1.54) is 0 Å². The lowest BCUT2D eigenvalue weighted by Gasteiger charge is -2.10. The van der Waals surface area contributed by atoms with Gasteiger partial charge in [0.05, 0.1) is 11.0 Å². The van der Waals surface area contributed by atoms with Gasteiger partial charge in [0, 0.05) is 54.8 Å². The second-order valence-corrected chi connectivity index (χ2v) is 9.00. The Morgan fingerprint density at radius 1 is 0.389 bits per heavy atom. The molecule has 0 amide bonds. The van der Waals surface area contributed by atoms with Gasteiger partial charge in [-0.3, -0.25) is 9.59 Å². The smallest absolute Gasteiger partial charge is 0.195 e. The minimum Gasteiger partial charge on any atom is -0.354 e. The number of aromatic amines is 2. The van der Waals surface area contributed by atoms with Crippen LogP contribution in [0.5, 0.6) is 0 Å². The van der Waals surface area contributed by atoms with E-state index in [0.29, 0.717) is 22.3 Å². The summed E-state index contributed by atoms with van der Waals surface area (Å²) in [5.41, 5.74) is 5.39. The van der Waals surface area contributed by atoms with Gasteiger partial charge in [-0.05, 0) is 24.3 Å². The number of hydrogen-bond donors (Lipinski definition) is 2. The van der Waals surface area contributed by atoms with Crippen LogP contribution in [-0.2, 0) is 0 Å². The zero-order valence-corrected chi connectivity index (χ0v) is 19.2. The summed E-state index contributed by atoms with van der Waals surface area (Å²) in [6.45, 7) is 0. The van der Waals surface area contributed by atoms with E-state index >= 15 is 0 Å². The quantitative estimate of drug-likeness (QED) is 0.266. The topological polar surface area (TPSA) is 65.7 Å². The van der Waals surface area contributed by atoms with E-state index in [2.05, 4.69) is 9.97 Å². The summed E-state index contributed by atoms with van der Waals surface area (Å²) >= 11 is 0. The maximum absolute atomic E-state index is 13.9. The zero-order chi connectivity index (χ0) is 24.2. The van der Waals surface area contributed by atoms with Gasteiger partial charge in [0.15, 0.2) is 11.6 Å². The highest BCUT2D eigenvalue weighted by Crippen LogP contribution is 2.31. The first-order valence-corrected chi connectivity index (χ1v) is 11.9. The molecule has 0 spiro atoms. The lowest BCUT2D eigenvalue weighted by atomic mass is 9.92. The fourth-order valence-electron chi connectivity index (χ4n) is 5.29. The second-order valence-electron chi connectivity index (χ2n) is 9.00. The molecule has 0 unspecified atom stereocenters. The number of para-hydroxylation sites is 4. The van der Waals surface area contributed by atoms with Crippen LogP contribution in [0.1, 0.15) is 31.8 Å². The number of hydrogen-bond acceptors (Lipinski definition) is 2. The van der Waals surface area contributed by atoms with Crippen molar-refractivity contribution in [2.75, 3.05) is 0 Å². The lowest BCUT2D eigenvalue weighted by molar-refractivity contribution is 0.100. The minimum absolute atomic E-state index is 0.181. The molecular formula is C32H20N2O2. The lowest BCUT2D eigenvalue weighted by Crippen LogP contribution is -2.12. The predicted octanol–water partition coefficient (Wildman–Crippen LogP) is 7.42. The Bertz CT molecular complexity index is 1850. The van der Waals surface area contributed by atoms with E-state index in [-0.39, 0.29) is 11.6 Å². The summed E-state index contributed by atoms with van der Waals surface area (Å²) in [6, 6.07) is 34.5. The van der Waals surface area contributed by atoms with Crippen molar-refractivity contribution < 1.29 is 9.59 Å². The van der Waals surface area contributed by atoms with Gasteiger partial charge < -0.3 is 9.97 Å². The molecule has 170 valence electrons. The molecule has 0 fully saturated rings. The first kappa shape index (κ1) is 20.4. The zero-order valence-electron chi connectivity index (χ0n) is 19.2. The molecular weight excluding hydrogens is 444 g/mol. The number of benzene rings is 5. The van der Waals surface area contributed by atoms with E-state index in [1.807, 2.05) is 84.9 Å². The average Bonchev–Trinajstić information content (AvgIpc) is 3.51. The third-order valence-electron chi connectivity index (χ3n) is 6.99. The Hall–Kier alpha value is -4.96. The number of carbonyl (C=O) groups is 2. The summed E-state index contributed by atoms with van der Waals surface area (Å²) in [6.07, 6.45) is 0. The molecule has 2 aromatic heterocycles. The molecule has 0 aliphatic heterocycles. The Morgan fingerprint density at radius 2 is 0.750 bits per heavy atom. The third kappa shape index (κ3) is 2.95. The molecule has 0 saturated heterocycles. The molecule has 2 heterocycles. The highest BCUT2D eigenvalue weighted by atomic mass is 16.1. The average molecular weight is 465 g/mol. The molecule has 7 rings (SSSR count). The van der Waals surface area contributed by atoms with Crippen molar-refractivity contribution in [3.8, 4) is 0 Å². The van der Waals surface area contributed by atoms with Crippen molar-refractivity contribution in [1.82, 2.24) is 9.97 Å². The number of aromatic nitrogens is 2. The summed E-state index contributed by atoms with van der Waals surface area (Å²) in [5, 5.41) is 4.11.